The molecule has 0 spiro atoms. The lowest BCUT2D eigenvalue weighted by Gasteiger charge is -2.05. The van der Waals surface area contributed by atoms with Gasteiger partial charge in [0.2, 0.25) is 0 Å². The Labute approximate surface area is 92.4 Å². The Morgan fingerprint density at radius 3 is 2.80 bits per heavy atom. The highest BCUT2D eigenvalue weighted by Gasteiger charge is 2.00. The van der Waals surface area contributed by atoms with E-state index in [0.717, 1.165) is 25.3 Å². The van der Waals surface area contributed by atoms with Crippen LogP contribution in [0.2, 0.25) is 0 Å². The Morgan fingerprint density at radius 1 is 1.47 bits per heavy atom. The second-order valence-electron chi connectivity index (χ2n) is 3.80. The van der Waals surface area contributed by atoms with Crippen molar-refractivity contribution in [1.82, 2.24) is 5.32 Å². The minimum absolute atomic E-state index is 0.963. The molecule has 0 atom stereocenters. The van der Waals surface area contributed by atoms with Crippen molar-refractivity contribution in [3.05, 3.63) is 29.2 Å². The summed E-state index contributed by atoms with van der Waals surface area (Å²) in [7, 11) is 0. The van der Waals surface area contributed by atoms with Crippen LogP contribution in [0.3, 0.4) is 0 Å². The Balaban J connectivity index is 2.57. The summed E-state index contributed by atoms with van der Waals surface area (Å²) in [6.45, 7) is 8.47. The van der Waals surface area contributed by atoms with Crippen molar-refractivity contribution in [2.24, 2.45) is 0 Å². The van der Waals surface area contributed by atoms with Gasteiger partial charge in [0.1, 0.15) is 5.76 Å². The summed E-state index contributed by atoms with van der Waals surface area (Å²) in [4.78, 5) is 0. The highest BCUT2D eigenvalue weighted by Crippen LogP contribution is 2.14. The number of rotatable bonds is 6. The van der Waals surface area contributed by atoms with Crippen molar-refractivity contribution in [2.45, 2.75) is 33.6 Å². The van der Waals surface area contributed by atoms with E-state index in [1.165, 1.54) is 17.6 Å². The largest absolute Gasteiger partial charge is 0.465 e. The van der Waals surface area contributed by atoms with E-state index < -0.39 is 0 Å². The molecule has 1 heterocycles. The second kappa shape index (κ2) is 6.46. The predicted molar refractivity (Wildman–Crippen MR) is 64.9 cm³/mol. The van der Waals surface area contributed by atoms with Gasteiger partial charge in [-0.15, -0.1) is 0 Å². The summed E-state index contributed by atoms with van der Waals surface area (Å²) < 4.78 is 5.40. The molecule has 2 heteroatoms. The van der Waals surface area contributed by atoms with Crippen LogP contribution in [-0.4, -0.2) is 13.1 Å². The Morgan fingerprint density at radius 2 is 2.27 bits per heavy atom. The van der Waals surface area contributed by atoms with Crippen molar-refractivity contribution in [3.8, 4) is 0 Å². The molecule has 1 aromatic heterocycles. The van der Waals surface area contributed by atoms with E-state index in [9.17, 15) is 0 Å². The fraction of sp³-hybridized carbons (Fsp3) is 0.538. The molecule has 0 aromatic carbocycles. The van der Waals surface area contributed by atoms with E-state index in [1.54, 1.807) is 6.26 Å². The zero-order chi connectivity index (χ0) is 11.1. The molecule has 0 radical (unpaired) electrons. The molecule has 1 N–H and O–H groups in total. The first-order valence-electron chi connectivity index (χ1n) is 5.72. The molecule has 0 aliphatic heterocycles. The number of nitrogens with one attached hydrogen (secondary N) is 1. The van der Waals surface area contributed by atoms with Crippen LogP contribution in [0.15, 0.2) is 22.3 Å². The maximum Gasteiger partial charge on any atom is 0.129 e. The third-order valence-corrected chi connectivity index (χ3v) is 2.47. The van der Waals surface area contributed by atoms with Crippen molar-refractivity contribution in [1.29, 1.82) is 0 Å². The van der Waals surface area contributed by atoms with Gasteiger partial charge < -0.3 is 9.73 Å². The average Bonchev–Trinajstić information content (AvgIpc) is 2.63. The Kier molecular flexibility index (Phi) is 5.19. The summed E-state index contributed by atoms with van der Waals surface area (Å²) in [5.41, 5.74) is 2.60. The highest BCUT2D eigenvalue weighted by atomic mass is 16.3. The van der Waals surface area contributed by atoms with Gasteiger partial charge in [0.15, 0.2) is 0 Å². The van der Waals surface area contributed by atoms with Crippen LogP contribution >= 0.6 is 0 Å². The van der Waals surface area contributed by atoms with E-state index in [2.05, 4.69) is 32.2 Å². The van der Waals surface area contributed by atoms with Crippen molar-refractivity contribution < 1.29 is 4.42 Å². The summed E-state index contributed by atoms with van der Waals surface area (Å²) in [5.74, 6) is 0.991. The van der Waals surface area contributed by atoms with E-state index in [0.29, 0.717) is 0 Å². The lowest BCUT2D eigenvalue weighted by atomic mass is 10.1. The highest BCUT2D eigenvalue weighted by molar-refractivity contribution is 5.51. The van der Waals surface area contributed by atoms with Crippen molar-refractivity contribution in [3.63, 3.8) is 0 Å². The molecule has 1 aromatic rings. The van der Waals surface area contributed by atoms with Crippen LogP contribution in [0.4, 0.5) is 0 Å². The number of furan rings is 1. The van der Waals surface area contributed by atoms with Crippen LogP contribution in [0.5, 0.6) is 0 Å². The molecule has 15 heavy (non-hydrogen) atoms. The molecule has 84 valence electrons. The summed E-state index contributed by atoms with van der Waals surface area (Å²) in [5, 5.41) is 3.41. The molecule has 2 nitrogen and oxygen atoms in total. The van der Waals surface area contributed by atoms with Crippen LogP contribution < -0.4 is 5.32 Å². The normalized spacial score (nSPS) is 12.1. The predicted octanol–water partition coefficient (Wildman–Crippen LogP) is 3.38. The number of hydrogen-bond acceptors (Lipinski definition) is 2. The molecular weight excluding hydrogens is 186 g/mol. The SMILES string of the molecule is CCCNC/C(=C/c1occc1C)CC. The molecule has 0 aliphatic rings. The lowest BCUT2D eigenvalue weighted by Crippen LogP contribution is -2.17. The van der Waals surface area contributed by atoms with Gasteiger partial charge in [-0.25, -0.2) is 0 Å². The molecule has 0 saturated heterocycles. The maximum absolute atomic E-state index is 5.40. The fourth-order valence-electron chi connectivity index (χ4n) is 1.42. The number of aryl methyl sites for hydroxylation is 1. The van der Waals surface area contributed by atoms with Crippen LogP contribution in [0.1, 0.15) is 38.0 Å². The van der Waals surface area contributed by atoms with Crippen LogP contribution in [-0.2, 0) is 0 Å². The molecule has 0 unspecified atom stereocenters. The minimum Gasteiger partial charge on any atom is -0.465 e. The molecule has 0 saturated carbocycles. The van der Waals surface area contributed by atoms with Gasteiger partial charge in [-0.3, -0.25) is 0 Å². The monoisotopic (exact) mass is 207 g/mol. The van der Waals surface area contributed by atoms with Gasteiger partial charge in [0.05, 0.1) is 6.26 Å². The standard InChI is InChI=1S/C13H21NO/c1-4-7-14-10-12(5-2)9-13-11(3)6-8-15-13/h6,8-9,14H,4-5,7,10H2,1-3H3/b12-9+. The zero-order valence-corrected chi connectivity index (χ0v) is 9.97. The van der Waals surface area contributed by atoms with Gasteiger partial charge in [-0.1, -0.05) is 19.4 Å². The van der Waals surface area contributed by atoms with Crippen LogP contribution in [0.25, 0.3) is 6.08 Å². The molecule has 0 fully saturated rings. The Hall–Kier alpha value is -1.02. The molecule has 0 bridgehead atoms. The maximum atomic E-state index is 5.40. The summed E-state index contributed by atoms with van der Waals surface area (Å²) in [6, 6.07) is 2.00. The quantitative estimate of drug-likeness (QED) is 0.723. The third-order valence-electron chi connectivity index (χ3n) is 2.47. The van der Waals surface area contributed by atoms with E-state index >= 15 is 0 Å². The minimum atomic E-state index is 0.963. The zero-order valence-electron chi connectivity index (χ0n) is 9.97. The van der Waals surface area contributed by atoms with E-state index in [4.69, 9.17) is 4.42 Å². The molecule has 1 rings (SSSR count). The van der Waals surface area contributed by atoms with Gasteiger partial charge in [0.25, 0.3) is 0 Å². The molecular formula is C13H21NO. The average molecular weight is 207 g/mol. The lowest BCUT2D eigenvalue weighted by molar-refractivity contribution is 0.554. The summed E-state index contributed by atoms with van der Waals surface area (Å²) in [6.07, 6.45) is 6.14. The van der Waals surface area contributed by atoms with Gasteiger partial charge in [-0.05, 0) is 44.0 Å². The van der Waals surface area contributed by atoms with Gasteiger partial charge in [0, 0.05) is 6.54 Å². The Bertz CT molecular complexity index is 312. The van der Waals surface area contributed by atoms with Gasteiger partial charge >= 0.3 is 0 Å². The smallest absolute Gasteiger partial charge is 0.129 e. The topological polar surface area (TPSA) is 25.2 Å². The first-order valence-corrected chi connectivity index (χ1v) is 5.72. The molecule has 0 amide bonds. The van der Waals surface area contributed by atoms with Crippen molar-refractivity contribution >= 4 is 6.08 Å². The fourth-order valence-corrected chi connectivity index (χ4v) is 1.42. The van der Waals surface area contributed by atoms with Crippen LogP contribution in [0, 0.1) is 6.92 Å². The molecule has 0 aliphatic carbocycles. The van der Waals surface area contributed by atoms with E-state index in [1.807, 2.05) is 6.07 Å². The van der Waals surface area contributed by atoms with Gasteiger partial charge in [-0.2, -0.15) is 0 Å². The second-order valence-corrected chi connectivity index (χ2v) is 3.80. The van der Waals surface area contributed by atoms with Crippen molar-refractivity contribution in [2.75, 3.05) is 13.1 Å². The third kappa shape index (κ3) is 3.92. The summed E-state index contributed by atoms with van der Waals surface area (Å²) >= 11 is 0. The first-order chi connectivity index (χ1) is 7.27. The number of hydrogen-bond donors (Lipinski definition) is 1. The first kappa shape index (κ1) is 12.1. The van der Waals surface area contributed by atoms with E-state index in [-0.39, 0.29) is 0 Å².